The van der Waals surface area contributed by atoms with Crippen LogP contribution in [0.4, 0.5) is 11.4 Å². The molecule has 2 aromatic rings. The fourth-order valence-electron chi connectivity index (χ4n) is 1.51. The second-order valence-corrected chi connectivity index (χ2v) is 5.57. The van der Waals surface area contributed by atoms with Crippen LogP contribution in [0, 0.1) is 27.9 Å². The molecule has 0 heterocycles. The number of nitrogens with zero attached hydrogens (tertiary/aromatic N) is 1. The standard InChI is InChI=1S/C14H10N2O3.C4H10.CH2O/c15-12-3-1-2-10(8-12)4-5-11-6-7-14(17)13(9-11)16(18)19;1-4(2)3;1-2/h1-3,6-9,17H,15H2;4H,1-3H3;1H2. The number of phenols is 1. The van der Waals surface area contributed by atoms with Gasteiger partial charge in [0.2, 0.25) is 0 Å². The van der Waals surface area contributed by atoms with Gasteiger partial charge in [0.05, 0.1) is 4.92 Å². The van der Waals surface area contributed by atoms with Gasteiger partial charge >= 0.3 is 5.69 Å². The Bertz CT molecular complexity index is 759. The molecule has 0 aliphatic heterocycles. The fraction of sp³-hybridized carbons (Fsp3) is 0.211. The summed E-state index contributed by atoms with van der Waals surface area (Å²) < 4.78 is 0. The predicted molar refractivity (Wildman–Crippen MR) is 99.2 cm³/mol. The minimum Gasteiger partial charge on any atom is -0.502 e. The summed E-state index contributed by atoms with van der Waals surface area (Å²) in [4.78, 5) is 18.0. The quantitative estimate of drug-likeness (QED) is 0.355. The van der Waals surface area contributed by atoms with Gasteiger partial charge in [-0.1, -0.05) is 38.7 Å². The largest absolute Gasteiger partial charge is 0.502 e. The number of benzene rings is 2. The monoisotopic (exact) mass is 342 g/mol. The van der Waals surface area contributed by atoms with Crippen molar-refractivity contribution in [2.24, 2.45) is 5.92 Å². The highest BCUT2D eigenvalue weighted by atomic mass is 16.6. The number of nitrogens with two attached hydrogens (primary N) is 1. The van der Waals surface area contributed by atoms with Crippen LogP contribution < -0.4 is 5.73 Å². The molecule has 2 rings (SSSR count). The van der Waals surface area contributed by atoms with E-state index in [0.717, 1.165) is 11.5 Å². The Morgan fingerprint density at radius 1 is 1.08 bits per heavy atom. The Kier molecular flexibility index (Phi) is 9.75. The van der Waals surface area contributed by atoms with E-state index in [1.165, 1.54) is 18.2 Å². The first-order chi connectivity index (χ1) is 11.8. The average molecular weight is 342 g/mol. The molecule has 0 unspecified atom stereocenters. The molecule has 0 atom stereocenters. The number of phenolic OH excluding ortho intramolecular Hbond substituents is 1. The maximum Gasteiger partial charge on any atom is 0.311 e. The van der Waals surface area contributed by atoms with Gasteiger partial charge < -0.3 is 15.6 Å². The molecule has 6 heteroatoms. The van der Waals surface area contributed by atoms with Gasteiger partial charge in [-0.3, -0.25) is 10.1 Å². The van der Waals surface area contributed by atoms with Crippen molar-refractivity contribution < 1.29 is 14.8 Å². The van der Waals surface area contributed by atoms with E-state index in [-0.39, 0.29) is 11.4 Å². The van der Waals surface area contributed by atoms with Gasteiger partial charge in [-0.2, -0.15) is 0 Å². The summed E-state index contributed by atoms with van der Waals surface area (Å²) in [5.74, 6) is 6.10. The van der Waals surface area contributed by atoms with Gasteiger partial charge in [0.15, 0.2) is 5.75 Å². The van der Waals surface area contributed by atoms with E-state index in [4.69, 9.17) is 10.5 Å². The molecule has 0 saturated heterocycles. The molecular formula is C19H22N2O4. The number of carbonyl (C=O) groups excluding carboxylic acids is 1. The van der Waals surface area contributed by atoms with E-state index in [1.54, 1.807) is 24.3 Å². The lowest BCUT2D eigenvalue weighted by Crippen LogP contribution is -1.89. The molecule has 0 saturated carbocycles. The number of nitro groups is 1. The van der Waals surface area contributed by atoms with Crippen molar-refractivity contribution in [3.63, 3.8) is 0 Å². The maximum atomic E-state index is 10.7. The molecule has 0 amide bonds. The van der Waals surface area contributed by atoms with Crippen LogP contribution in [0.15, 0.2) is 42.5 Å². The SMILES string of the molecule is C=O.CC(C)C.Nc1cccc(C#Cc2ccc(O)c([N+](=O)[O-])c2)c1. The van der Waals surface area contributed by atoms with E-state index in [1.807, 2.05) is 6.79 Å². The van der Waals surface area contributed by atoms with E-state index in [0.29, 0.717) is 11.3 Å². The molecule has 0 aromatic heterocycles. The molecule has 2 aromatic carbocycles. The average Bonchev–Trinajstić information content (AvgIpc) is 2.55. The minimum absolute atomic E-state index is 0.362. The summed E-state index contributed by atoms with van der Waals surface area (Å²) in [6.07, 6.45) is 0. The molecule has 0 radical (unpaired) electrons. The summed E-state index contributed by atoms with van der Waals surface area (Å²) in [6.45, 7) is 8.50. The number of hydrogen-bond donors (Lipinski definition) is 2. The Morgan fingerprint density at radius 3 is 2.08 bits per heavy atom. The molecule has 0 aliphatic carbocycles. The van der Waals surface area contributed by atoms with E-state index >= 15 is 0 Å². The highest BCUT2D eigenvalue weighted by Gasteiger charge is 2.12. The summed E-state index contributed by atoms with van der Waals surface area (Å²) in [7, 11) is 0. The number of rotatable bonds is 1. The van der Waals surface area contributed by atoms with Gasteiger partial charge in [0.25, 0.3) is 0 Å². The first-order valence-corrected chi connectivity index (χ1v) is 7.43. The number of hydrogen-bond acceptors (Lipinski definition) is 5. The second kappa shape index (κ2) is 11.2. The van der Waals surface area contributed by atoms with Crippen LogP contribution >= 0.6 is 0 Å². The number of carbonyl (C=O) groups is 1. The third kappa shape index (κ3) is 8.77. The van der Waals surface area contributed by atoms with E-state index in [2.05, 4.69) is 32.6 Å². The normalized spacial score (nSPS) is 8.80. The molecule has 6 nitrogen and oxygen atoms in total. The Labute approximate surface area is 147 Å². The van der Waals surface area contributed by atoms with Crippen molar-refractivity contribution >= 4 is 18.2 Å². The lowest BCUT2D eigenvalue weighted by molar-refractivity contribution is -0.385. The first-order valence-electron chi connectivity index (χ1n) is 7.43. The molecule has 3 N–H and O–H groups in total. The van der Waals surface area contributed by atoms with Crippen molar-refractivity contribution in [2.45, 2.75) is 20.8 Å². The second-order valence-electron chi connectivity index (χ2n) is 5.57. The van der Waals surface area contributed by atoms with Crippen LogP contribution in [0.3, 0.4) is 0 Å². The van der Waals surface area contributed by atoms with Crippen molar-refractivity contribution in [2.75, 3.05) is 5.73 Å². The van der Waals surface area contributed by atoms with Crippen LogP contribution in [-0.4, -0.2) is 16.8 Å². The summed E-state index contributed by atoms with van der Waals surface area (Å²) in [5, 5.41) is 20.0. The topological polar surface area (TPSA) is 106 Å². The van der Waals surface area contributed by atoms with Gasteiger partial charge in [-0.15, -0.1) is 0 Å². The van der Waals surface area contributed by atoms with E-state index < -0.39 is 4.92 Å². The Morgan fingerprint density at radius 2 is 1.60 bits per heavy atom. The zero-order chi connectivity index (χ0) is 19.4. The zero-order valence-corrected chi connectivity index (χ0v) is 14.5. The maximum absolute atomic E-state index is 10.7. The molecule has 0 bridgehead atoms. The fourth-order valence-corrected chi connectivity index (χ4v) is 1.51. The lowest BCUT2D eigenvalue weighted by atomic mass is 10.1. The first kappa shape index (κ1) is 21.7. The Hall–Kier alpha value is -3.33. The highest BCUT2D eigenvalue weighted by Crippen LogP contribution is 2.25. The third-order valence-electron chi connectivity index (χ3n) is 2.41. The van der Waals surface area contributed by atoms with Gasteiger partial charge in [0.1, 0.15) is 6.79 Å². The molecule has 25 heavy (non-hydrogen) atoms. The summed E-state index contributed by atoms with van der Waals surface area (Å²) >= 11 is 0. The number of nitro benzene ring substituents is 1. The smallest absolute Gasteiger partial charge is 0.311 e. The van der Waals surface area contributed by atoms with Crippen molar-refractivity contribution in [1.82, 2.24) is 0 Å². The lowest BCUT2D eigenvalue weighted by Gasteiger charge is -1.96. The summed E-state index contributed by atoms with van der Waals surface area (Å²) in [6, 6.07) is 11.0. The summed E-state index contributed by atoms with van der Waals surface area (Å²) in [5.41, 5.74) is 7.03. The van der Waals surface area contributed by atoms with E-state index in [9.17, 15) is 15.2 Å². The highest BCUT2D eigenvalue weighted by molar-refractivity contribution is 5.54. The van der Waals surface area contributed by atoms with Gasteiger partial charge in [-0.25, -0.2) is 0 Å². The van der Waals surface area contributed by atoms with Crippen LogP contribution in [0.5, 0.6) is 5.75 Å². The number of nitrogen functional groups attached to an aromatic ring is 1. The number of anilines is 1. The number of aromatic hydroxyl groups is 1. The Balaban J connectivity index is 0.000000845. The van der Waals surface area contributed by atoms with Crippen molar-refractivity contribution in [3.05, 3.63) is 63.7 Å². The zero-order valence-electron chi connectivity index (χ0n) is 14.5. The van der Waals surface area contributed by atoms with Crippen LogP contribution in [-0.2, 0) is 4.79 Å². The molecule has 0 spiro atoms. The van der Waals surface area contributed by atoms with Crippen LogP contribution in [0.2, 0.25) is 0 Å². The molecular weight excluding hydrogens is 320 g/mol. The molecule has 0 aliphatic rings. The minimum atomic E-state index is -0.652. The molecule has 0 fully saturated rings. The molecule has 132 valence electrons. The van der Waals surface area contributed by atoms with Crippen LogP contribution in [0.1, 0.15) is 31.9 Å². The van der Waals surface area contributed by atoms with Crippen LogP contribution in [0.25, 0.3) is 0 Å². The van der Waals surface area contributed by atoms with Crippen molar-refractivity contribution in [1.29, 1.82) is 0 Å². The predicted octanol–water partition coefficient (Wildman–Crippen LogP) is 3.76. The van der Waals surface area contributed by atoms with Crippen molar-refractivity contribution in [3.8, 4) is 17.6 Å². The van der Waals surface area contributed by atoms with Gasteiger partial charge in [0, 0.05) is 22.9 Å². The van der Waals surface area contributed by atoms with Gasteiger partial charge in [-0.05, 0) is 36.2 Å². The third-order valence-corrected chi connectivity index (χ3v) is 2.41.